The van der Waals surface area contributed by atoms with Gasteiger partial charge in [-0.2, -0.15) is 0 Å². The van der Waals surface area contributed by atoms with Gasteiger partial charge in [0.1, 0.15) is 0 Å². The summed E-state index contributed by atoms with van der Waals surface area (Å²) in [5, 5.41) is 8.56. The second kappa shape index (κ2) is 4.99. The molecule has 0 aromatic carbocycles. The first-order valence-corrected chi connectivity index (χ1v) is 2.36. The molecule has 4 heteroatoms. The summed E-state index contributed by atoms with van der Waals surface area (Å²) in [5.41, 5.74) is 5.07. The molecule has 4 nitrogen and oxygen atoms in total. The van der Waals surface area contributed by atoms with Crippen LogP contribution in [0.25, 0.3) is 0 Å². The molecular weight excluding hydrogens is 108 g/mol. The summed E-state index contributed by atoms with van der Waals surface area (Å²) in [7, 11) is 0. The molecular formula is C4H11N2O2. The van der Waals surface area contributed by atoms with Crippen molar-refractivity contribution >= 4 is 0 Å². The van der Waals surface area contributed by atoms with Gasteiger partial charge in [0.2, 0.25) is 0 Å². The Bertz CT molecular complexity index is 51.3. The van der Waals surface area contributed by atoms with Crippen molar-refractivity contribution in [3.63, 3.8) is 0 Å². The maximum atomic E-state index is 8.56. The van der Waals surface area contributed by atoms with E-state index in [1.54, 1.807) is 6.42 Å². The Balaban J connectivity index is 2.86. The molecule has 1 radical (unpaired) electrons. The summed E-state index contributed by atoms with van der Waals surface area (Å²) in [4.78, 5) is 4.02. The first kappa shape index (κ1) is 7.84. The van der Waals surface area contributed by atoms with Crippen LogP contribution in [0.5, 0.6) is 0 Å². The largest absolute Gasteiger partial charge is 0.366 e. The van der Waals surface area contributed by atoms with Crippen molar-refractivity contribution in [1.82, 2.24) is 0 Å². The van der Waals surface area contributed by atoms with E-state index in [2.05, 4.69) is 10.7 Å². The summed E-state index contributed by atoms with van der Waals surface area (Å²) < 4.78 is 0. The highest BCUT2D eigenvalue weighted by molar-refractivity contribution is 4.65. The minimum absolute atomic E-state index is 0.382. The average Bonchev–Trinajstić information content (AvgIpc) is 1.83. The van der Waals surface area contributed by atoms with Crippen LogP contribution < -0.4 is 11.6 Å². The molecule has 0 aliphatic heterocycles. The second-order valence-electron chi connectivity index (χ2n) is 1.35. The van der Waals surface area contributed by atoms with Crippen LogP contribution in [-0.2, 0) is 4.84 Å². The molecule has 0 amide bonds. The van der Waals surface area contributed by atoms with Crippen molar-refractivity contribution in [2.75, 3.05) is 6.54 Å². The minimum Gasteiger partial charge on any atom is -0.366 e. The first-order chi connectivity index (χ1) is 3.81. The van der Waals surface area contributed by atoms with Gasteiger partial charge >= 0.3 is 0 Å². The number of aliphatic hydroxyl groups excluding tert-OH is 1. The monoisotopic (exact) mass is 119 g/mol. The van der Waals surface area contributed by atoms with E-state index < -0.39 is 6.29 Å². The smallest absolute Gasteiger partial charge is 0.174 e. The van der Waals surface area contributed by atoms with Gasteiger partial charge in [-0.15, -0.1) is 0 Å². The molecule has 0 aromatic heterocycles. The fourth-order valence-corrected chi connectivity index (χ4v) is 0.294. The van der Waals surface area contributed by atoms with Gasteiger partial charge in [0.25, 0.3) is 0 Å². The molecule has 0 saturated heterocycles. The standard InChI is InChI=1S/C4H11N2O2/c5-3-1-2-4(7)8-6/h1,4,7H,2-3,5-6H2. The van der Waals surface area contributed by atoms with E-state index in [9.17, 15) is 0 Å². The highest BCUT2D eigenvalue weighted by Gasteiger charge is 1.98. The molecule has 0 heterocycles. The lowest BCUT2D eigenvalue weighted by Crippen LogP contribution is -2.17. The zero-order valence-corrected chi connectivity index (χ0v) is 4.58. The molecule has 0 aliphatic carbocycles. The van der Waals surface area contributed by atoms with Gasteiger partial charge in [-0.25, -0.2) is 5.90 Å². The molecule has 0 spiro atoms. The Hall–Kier alpha value is -0.160. The normalized spacial score (nSPS) is 13.9. The highest BCUT2D eigenvalue weighted by atomic mass is 16.7. The molecule has 1 atom stereocenters. The molecule has 0 fully saturated rings. The minimum atomic E-state index is -0.904. The molecule has 0 aromatic rings. The lowest BCUT2D eigenvalue weighted by molar-refractivity contribution is -0.101. The molecule has 0 bridgehead atoms. The van der Waals surface area contributed by atoms with Crippen LogP contribution in [-0.4, -0.2) is 17.9 Å². The zero-order chi connectivity index (χ0) is 6.41. The molecule has 5 N–H and O–H groups in total. The topological polar surface area (TPSA) is 81.5 Å². The van der Waals surface area contributed by atoms with Crippen molar-refractivity contribution < 1.29 is 9.94 Å². The van der Waals surface area contributed by atoms with E-state index in [-0.39, 0.29) is 0 Å². The van der Waals surface area contributed by atoms with Gasteiger partial charge < -0.3 is 10.8 Å². The quantitative estimate of drug-likeness (QED) is 0.319. The molecule has 0 saturated carbocycles. The van der Waals surface area contributed by atoms with Crippen molar-refractivity contribution in [3.05, 3.63) is 6.42 Å². The van der Waals surface area contributed by atoms with Crippen LogP contribution >= 0.6 is 0 Å². The van der Waals surface area contributed by atoms with Gasteiger partial charge in [0.15, 0.2) is 6.29 Å². The van der Waals surface area contributed by atoms with E-state index in [1.165, 1.54) is 0 Å². The van der Waals surface area contributed by atoms with Crippen LogP contribution in [0.3, 0.4) is 0 Å². The molecule has 1 unspecified atom stereocenters. The Labute approximate surface area is 48.4 Å². The summed E-state index contributed by atoms with van der Waals surface area (Å²) in [6.07, 6.45) is 1.16. The fourth-order valence-electron chi connectivity index (χ4n) is 0.294. The van der Waals surface area contributed by atoms with Gasteiger partial charge in [-0.3, -0.25) is 4.84 Å². The number of rotatable bonds is 4. The predicted octanol–water partition coefficient (Wildman–Crippen LogP) is -1.25. The third-order valence-corrected chi connectivity index (χ3v) is 0.692. The third-order valence-electron chi connectivity index (χ3n) is 0.692. The number of nitrogens with two attached hydrogens (primary N) is 2. The van der Waals surface area contributed by atoms with Crippen molar-refractivity contribution in [2.45, 2.75) is 12.7 Å². The average molecular weight is 119 g/mol. The Morgan fingerprint density at radius 3 is 2.75 bits per heavy atom. The lowest BCUT2D eigenvalue weighted by Gasteiger charge is -2.03. The number of hydrogen-bond acceptors (Lipinski definition) is 4. The van der Waals surface area contributed by atoms with Gasteiger partial charge in [-0.05, 0) is 13.0 Å². The summed E-state index contributed by atoms with van der Waals surface area (Å²) >= 11 is 0. The van der Waals surface area contributed by atoms with Crippen molar-refractivity contribution in [2.24, 2.45) is 11.6 Å². The van der Waals surface area contributed by atoms with Gasteiger partial charge in [0, 0.05) is 6.42 Å². The van der Waals surface area contributed by atoms with Crippen LogP contribution in [0.2, 0.25) is 0 Å². The van der Waals surface area contributed by atoms with Crippen LogP contribution in [0.1, 0.15) is 6.42 Å². The fraction of sp³-hybridized carbons (Fsp3) is 0.750. The van der Waals surface area contributed by atoms with Crippen molar-refractivity contribution in [3.8, 4) is 0 Å². The molecule has 0 rings (SSSR count). The Morgan fingerprint density at radius 2 is 2.38 bits per heavy atom. The maximum absolute atomic E-state index is 8.56. The van der Waals surface area contributed by atoms with E-state index in [0.29, 0.717) is 13.0 Å². The molecule has 8 heavy (non-hydrogen) atoms. The van der Waals surface area contributed by atoms with Crippen LogP contribution in [0.4, 0.5) is 0 Å². The maximum Gasteiger partial charge on any atom is 0.174 e. The Kier molecular flexibility index (Phi) is 4.89. The summed E-state index contributed by atoms with van der Waals surface area (Å²) in [6, 6.07) is 0. The van der Waals surface area contributed by atoms with E-state index in [4.69, 9.17) is 10.8 Å². The highest BCUT2D eigenvalue weighted by Crippen LogP contribution is 1.91. The number of aliphatic hydroxyl groups is 1. The zero-order valence-electron chi connectivity index (χ0n) is 4.58. The summed E-state index contributed by atoms with van der Waals surface area (Å²) in [5.74, 6) is 4.60. The second-order valence-corrected chi connectivity index (χ2v) is 1.35. The Morgan fingerprint density at radius 1 is 1.75 bits per heavy atom. The number of hydrogen-bond donors (Lipinski definition) is 3. The predicted molar refractivity (Wildman–Crippen MR) is 29.3 cm³/mol. The molecule has 49 valence electrons. The van der Waals surface area contributed by atoms with Gasteiger partial charge in [-0.1, -0.05) is 0 Å². The van der Waals surface area contributed by atoms with Crippen LogP contribution in [0.15, 0.2) is 0 Å². The third kappa shape index (κ3) is 4.01. The SMILES string of the molecule is NC[CH]CC(O)ON. The van der Waals surface area contributed by atoms with Crippen molar-refractivity contribution in [1.29, 1.82) is 0 Å². The van der Waals surface area contributed by atoms with Gasteiger partial charge in [0.05, 0.1) is 0 Å². The van der Waals surface area contributed by atoms with E-state index in [0.717, 1.165) is 0 Å². The van der Waals surface area contributed by atoms with E-state index in [1.807, 2.05) is 0 Å². The molecule has 0 aliphatic rings. The first-order valence-electron chi connectivity index (χ1n) is 2.36. The van der Waals surface area contributed by atoms with E-state index >= 15 is 0 Å². The van der Waals surface area contributed by atoms with Crippen LogP contribution in [0, 0.1) is 6.42 Å². The lowest BCUT2D eigenvalue weighted by atomic mass is 10.3. The summed E-state index contributed by atoms with van der Waals surface area (Å²) in [6.45, 7) is 0.431.